The van der Waals surface area contributed by atoms with Gasteiger partial charge in [-0.2, -0.15) is 0 Å². The van der Waals surface area contributed by atoms with Gasteiger partial charge in [0.15, 0.2) is 0 Å². The van der Waals surface area contributed by atoms with Gasteiger partial charge in [-0.25, -0.2) is 13.2 Å². The highest BCUT2D eigenvalue weighted by Crippen LogP contribution is 2.30. The fraction of sp³-hybridized carbons (Fsp3) is 0.222. The van der Waals surface area contributed by atoms with Crippen LogP contribution in [0.4, 0.5) is 0 Å². The number of carbonyl (C=O) groups excluding carboxylic acids is 1. The van der Waals surface area contributed by atoms with E-state index < -0.39 is 15.0 Å². The van der Waals surface area contributed by atoms with Crippen molar-refractivity contribution in [3.05, 3.63) is 25.7 Å². The lowest BCUT2D eigenvalue weighted by molar-refractivity contribution is 0.0526. The zero-order valence-corrected chi connectivity index (χ0v) is 13.9. The number of ether oxygens (including phenoxy) is 1. The average molecular weight is 453 g/mol. The van der Waals surface area contributed by atoms with Crippen molar-refractivity contribution in [1.29, 1.82) is 0 Å². The standard InChI is InChI=1S/C9H7BrClIO4S/c1-2-16-9(13)5-3-6(10)8(12)7(4-5)17(11,14)15/h3-4H,2H2,1H3. The van der Waals surface area contributed by atoms with E-state index >= 15 is 0 Å². The fourth-order valence-corrected chi connectivity index (χ4v) is 4.19. The number of carbonyl (C=O) groups is 1. The van der Waals surface area contributed by atoms with Crippen LogP contribution in [0, 0.1) is 3.57 Å². The summed E-state index contributed by atoms with van der Waals surface area (Å²) < 4.78 is 28.3. The molecule has 0 amide bonds. The summed E-state index contributed by atoms with van der Waals surface area (Å²) in [6.07, 6.45) is 0. The maximum Gasteiger partial charge on any atom is 0.338 e. The largest absolute Gasteiger partial charge is 0.462 e. The summed E-state index contributed by atoms with van der Waals surface area (Å²) in [5, 5.41) is 0. The molecule has 0 aliphatic rings. The van der Waals surface area contributed by atoms with Gasteiger partial charge in [-0.1, -0.05) is 0 Å². The molecular formula is C9H7BrClIO4S. The van der Waals surface area contributed by atoms with Crippen molar-refractivity contribution in [1.82, 2.24) is 0 Å². The highest BCUT2D eigenvalue weighted by molar-refractivity contribution is 14.1. The van der Waals surface area contributed by atoms with Crippen LogP contribution in [-0.4, -0.2) is 21.0 Å². The maximum atomic E-state index is 11.5. The third kappa shape index (κ3) is 3.80. The minimum Gasteiger partial charge on any atom is -0.462 e. The van der Waals surface area contributed by atoms with Gasteiger partial charge in [0.05, 0.1) is 17.1 Å². The molecule has 0 spiro atoms. The van der Waals surface area contributed by atoms with Gasteiger partial charge >= 0.3 is 5.97 Å². The second-order valence-electron chi connectivity index (χ2n) is 2.93. The third-order valence-electron chi connectivity index (χ3n) is 1.77. The van der Waals surface area contributed by atoms with Crippen molar-refractivity contribution in [3.63, 3.8) is 0 Å². The van der Waals surface area contributed by atoms with E-state index in [1.807, 2.05) is 22.6 Å². The summed E-state index contributed by atoms with van der Waals surface area (Å²) in [4.78, 5) is 11.4. The Balaban J connectivity index is 3.39. The predicted molar refractivity (Wildman–Crippen MR) is 75.9 cm³/mol. The lowest BCUT2D eigenvalue weighted by atomic mass is 10.2. The predicted octanol–water partition coefficient (Wildman–Crippen LogP) is 3.16. The number of hydrogen-bond acceptors (Lipinski definition) is 4. The van der Waals surface area contributed by atoms with Crippen LogP contribution in [0.1, 0.15) is 17.3 Å². The van der Waals surface area contributed by atoms with E-state index in [-0.39, 0.29) is 17.1 Å². The summed E-state index contributed by atoms with van der Waals surface area (Å²) in [6, 6.07) is 2.69. The van der Waals surface area contributed by atoms with Crippen LogP contribution in [0.15, 0.2) is 21.5 Å². The second kappa shape index (κ2) is 5.85. The lowest BCUT2D eigenvalue weighted by Crippen LogP contribution is -2.07. The molecule has 4 nitrogen and oxygen atoms in total. The van der Waals surface area contributed by atoms with Gasteiger partial charge in [0, 0.05) is 18.7 Å². The molecule has 0 radical (unpaired) electrons. The molecule has 0 N–H and O–H groups in total. The first-order chi connectivity index (χ1) is 7.77. The van der Waals surface area contributed by atoms with Gasteiger partial charge in [-0.3, -0.25) is 0 Å². The molecule has 8 heteroatoms. The van der Waals surface area contributed by atoms with Crippen LogP contribution in [-0.2, 0) is 13.8 Å². The van der Waals surface area contributed by atoms with Crippen molar-refractivity contribution < 1.29 is 17.9 Å². The van der Waals surface area contributed by atoms with Crippen molar-refractivity contribution in [3.8, 4) is 0 Å². The monoisotopic (exact) mass is 452 g/mol. The molecule has 94 valence electrons. The second-order valence-corrected chi connectivity index (χ2v) is 7.40. The fourth-order valence-electron chi connectivity index (χ4n) is 1.07. The summed E-state index contributed by atoms with van der Waals surface area (Å²) in [6.45, 7) is 1.88. The molecule has 0 saturated heterocycles. The van der Waals surface area contributed by atoms with Gasteiger partial charge < -0.3 is 4.74 Å². The summed E-state index contributed by atoms with van der Waals surface area (Å²) in [7, 11) is 1.38. The Morgan fingerprint density at radius 1 is 1.53 bits per heavy atom. The first kappa shape index (κ1) is 15.2. The summed E-state index contributed by atoms with van der Waals surface area (Å²) >= 11 is 5.00. The molecule has 0 unspecified atom stereocenters. The van der Waals surface area contributed by atoms with E-state index in [1.54, 1.807) is 6.92 Å². The molecule has 17 heavy (non-hydrogen) atoms. The minimum absolute atomic E-state index is 0.114. The number of halogens is 3. The molecule has 0 fully saturated rings. The molecule has 1 aromatic rings. The van der Waals surface area contributed by atoms with Crippen LogP contribution in [0.2, 0.25) is 0 Å². The molecule has 0 heterocycles. The number of esters is 1. The first-order valence-electron chi connectivity index (χ1n) is 4.38. The van der Waals surface area contributed by atoms with E-state index in [0.29, 0.717) is 8.04 Å². The lowest BCUT2D eigenvalue weighted by Gasteiger charge is -2.07. The number of rotatable bonds is 3. The normalized spacial score (nSPS) is 11.3. The average Bonchev–Trinajstić information content (AvgIpc) is 2.20. The Hall–Kier alpha value is 0.140. The Bertz CT molecular complexity index is 558. The van der Waals surface area contributed by atoms with Crippen molar-refractivity contribution in [2.75, 3.05) is 6.61 Å². The summed E-state index contributed by atoms with van der Waals surface area (Å²) in [5.41, 5.74) is 0.137. The Kier molecular flexibility index (Phi) is 5.23. The zero-order chi connectivity index (χ0) is 13.2. The van der Waals surface area contributed by atoms with Crippen LogP contribution in [0.5, 0.6) is 0 Å². The molecule has 1 aromatic carbocycles. The molecule has 0 atom stereocenters. The van der Waals surface area contributed by atoms with Gasteiger partial charge in [-0.15, -0.1) is 0 Å². The SMILES string of the molecule is CCOC(=O)c1cc(Br)c(I)c(S(=O)(=O)Cl)c1. The molecule has 0 aliphatic heterocycles. The summed E-state index contributed by atoms with van der Waals surface area (Å²) in [5.74, 6) is -0.592. The van der Waals surface area contributed by atoms with Crippen LogP contribution < -0.4 is 0 Å². The van der Waals surface area contributed by atoms with Crippen molar-refractivity contribution in [2.45, 2.75) is 11.8 Å². The molecule has 0 aliphatic carbocycles. The Morgan fingerprint density at radius 3 is 2.59 bits per heavy atom. The molecule has 0 bridgehead atoms. The van der Waals surface area contributed by atoms with Crippen molar-refractivity contribution >= 4 is 64.2 Å². The van der Waals surface area contributed by atoms with Gasteiger partial charge in [0.2, 0.25) is 0 Å². The number of hydrogen-bond donors (Lipinski definition) is 0. The Labute approximate surface area is 125 Å². The van der Waals surface area contributed by atoms with E-state index in [9.17, 15) is 13.2 Å². The molecule has 1 rings (SSSR count). The smallest absolute Gasteiger partial charge is 0.338 e. The topological polar surface area (TPSA) is 60.4 Å². The van der Waals surface area contributed by atoms with Gasteiger partial charge in [-0.05, 0) is 57.6 Å². The highest BCUT2D eigenvalue weighted by Gasteiger charge is 2.20. The molecule has 0 saturated carbocycles. The molecular weight excluding hydrogens is 446 g/mol. The number of benzene rings is 1. The van der Waals surface area contributed by atoms with E-state index in [2.05, 4.69) is 15.9 Å². The van der Waals surface area contributed by atoms with E-state index in [1.165, 1.54) is 12.1 Å². The van der Waals surface area contributed by atoms with Crippen molar-refractivity contribution in [2.24, 2.45) is 0 Å². The third-order valence-corrected chi connectivity index (χ3v) is 6.01. The van der Waals surface area contributed by atoms with E-state index in [4.69, 9.17) is 15.4 Å². The van der Waals surface area contributed by atoms with Gasteiger partial charge in [0.1, 0.15) is 0 Å². The first-order valence-corrected chi connectivity index (χ1v) is 8.56. The van der Waals surface area contributed by atoms with E-state index in [0.717, 1.165) is 0 Å². The zero-order valence-electron chi connectivity index (χ0n) is 8.54. The van der Waals surface area contributed by atoms with Gasteiger partial charge in [0.25, 0.3) is 9.05 Å². The highest BCUT2D eigenvalue weighted by atomic mass is 127. The molecule has 0 aromatic heterocycles. The van der Waals surface area contributed by atoms with Crippen LogP contribution >= 0.6 is 49.2 Å². The maximum absolute atomic E-state index is 11.5. The minimum atomic E-state index is -3.90. The quantitative estimate of drug-likeness (QED) is 0.401. The van der Waals surface area contributed by atoms with Crippen LogP contribution in [0.25, 0.3) is 0 Å². The van der Waals surface area contributed by atoms with Crippen LogP contribution in [0.3, 0.4) is 0 Å². The Morgan fingerprint density at radius 2 is 2.12 bits per heavy atom.